The molecule has 124 valence electrons. The van der Waals surface area contributed by atoms with Crippen molar-refractivity contribution in [2.45, 2.75) is 44.8 Å². The molecule has 1 amide bonds. The average Bonchev–Trinajstić information content (AvgIpc) is 3.03. The standard InChI is InChI=1S/C17H18N4O3/c1-11-15(10-20-24-11)17(22)21-13-3-5-14(6-4-13)23-16-7-2-12(8-18)9-19-16/h2,7,9-10,13-14H,3-6H2,1H3,(H,21,22). The number of ether oxygens (including phenoxy) is 1. The molecule has 7 nitrogen and oxygen atoms in total. The molecule has 24 heavy (non-hydrogen) atoms. The summed E-state index contributed by atoms with van der Waals surface area (Å²) in [6.07, 6.45) is 6.40. The molecule has 7 heteroatoms. The summed E-state index contributed by atoms with van der Waals surface area (Å²) in [4.78, 5) is 16.3. The first-order valence-electron chi connectivity index (χ1n) is 7.90. The number of carbonyl (C=O) groups is 1. The summed E-state index contributed by atoms with van der Waals surface area (Å²) >= 11 is 0. The summed E-state index contributed by atoms with van der Waals surface area (Å²) in [5.41, 5.74) is 0.993. The number of amides is 1. The van der Waals surface area contributed by atoms with Gasteiger partial charge in [0.1, 0.15) is 23.5 Å². The number of carbonyl (C=O) groups excluding carboxylic acids is 1. The van der Waals surface area contributed by atoms with Crippen molar-refractivity contribution >= 4 is 5.91 Å². The zero-order valence-electron chi connectivity index (χ0n) is 13.4. The number of pyridine rings is 1. The van der Waals surface area contributed by atoms with E-state index in [9.17, 15) is 4.79 Å². The Bertz CT molecular complexity index is 740. The Morgan fingerprint density at radius 2 is 2.12 bits per heavy atom. The van der Waals surface area contributed by atoms with Crippen molar-refractivity contribution in [1.29, 1.82) is 5.26 Å². The number of nitrogens with one attached hydrogen (secondary N) is 1. The molecule has 1 aliphatic rings. The van der Waals surface area contributed by atoms with Crippen LogP contribution >= 0.6 is 0 Å². The van der Waals surface area contributed by atoms with E-state index in [2.05, 4.69) is 15.5 Å². The highest BCUT2D eigenvalue weighted by Crippen LogP contribution is 2.23. The largest absolute Gasteiger partial charge is 0.474 e. The van der Waals surface area contributed by atoms with E-state index in [1.807, 2.05) is 6.07 Å². The summed E-state index contributed by atoms with van der Waals surface area (Å²) in [7, 11) is 0. The Kier molecular flexibility index (Phi) is 4.75. The van der Waals surface area contributed by atoms with Crippen LogP contribution in [0.3, 0.4) is 0 Å². The predicted molar refractivity (Wildman–Crippen MR) is 84.3 cm³/mol. The van der Waals surface area contributed by atoms with Gasteiger partial charge in [0.05, 0.1) is 11.8 Å². The lowest BCUT2D eigenvalue weighted by atomic mass is 9.92. The molecule has 0 aromatic carbocycles. The number of aromatic nitrogens is 2. The fourth-order valence-electron chi connectivity index (χ4n) is 2.79. The Morgan fingerprint density at radius 3 is 2.71 bits per heavy atom. The first-order chi connectivity index (χ1) is 11.7. The van der Waals surface area contributed by atoms with Crippen LogP contribution in [-0.2, 0) is 0 Å². The zero-order chi connectivity index (χ0) is 16.9. The molecular formula is C17H18N4O3. The van der Waals surface area contributed by atoms with E-state index in [4.69, 9.17) is 14.5 Å². The second-order valence-electron chi connectivity index (χ2n) is 5.86. The van der Waals surface area contributed by atoms with Gasteiger partial charge in [-0.1, -0.05) is 5.16 Å². The van der Waals surface area contributed by atoms with Crippen molar-refractivity contribution in [3.63, 3.8) is 0 Å². The highest BCUT2D eigenvalue weighted by molar-refractivity contribution is 5.94. The van der Waals surface area contributed by atoms with Crippen LogP contribution in [-0.4, -0.2) is 28.2 Å². The van der Waals surface area contributed by atoms with Crippen LogP contribution in [0.4, 0.5) is 0 Å². The fourth-order valence-corrected chi connectivity index (χ4v) is 2.79. The highest BCUT2D eigenvalue weighted by Gasteiger charge is 2.25. The van der Waals surface area contributed by atoms with Crippen molar-refractivity contribution in [2.24, 2.45) is 0 Å². The number of hydrogen-bond donors (Lipinski definition) is 1. The van der Waals surface area contributed by atoms with Crippen LogP contribution in [0.25, 0.3) is 0 Å². The number of hydrogen-bond acceptors (Lipinski definition) is 6. The van der Waals surface area contributed by atoms with E-state index < -0.39 is 0 Å². The predicted octanol–water partition coefficient (Wildman–Crippen LogP) is 2.37. The molecule has 0 radical (unpaired) electrons. The molecule has 0 atom stereocenters. The van der Waals surface area contributed by atoms with Crippen LogP contribution in [0.5, 0.6) is 5.88 Å². The second-order valence-corrected chi connectivity index (χ2v) is 5.86. The molecule has 0 aliphatic heterocycles. The van der Waals surface area contributed by atoms with Gasteiger partial charge in [0.25, 0.3) is 5.91 Å². The molecule has 0 unspecified atom stereocenters. The van der Waals surface area contributed by atoms with Gasteiger partial charge in [-0.25, -0.2) is 4.98 Å². The third-order valence-electron chi connectivity index (χ3n) is 4.16. The average molecular weight is 326 g/mol. The normalized spacial score (nSPS) is 20.2. The molecule has 0 saturated heterocycles. The number of aryl methyl sites for hydroxylation is 1. The number of nitriles is 1. The van der Waals surface area contributed by atoms with Crippen molar-refractivity contribution in [3.05, 3.63) is 41.4 Å². The third-order valence-corrected chi connectivity index (χ3v) is 4.16. The van der Waals surface area contributed by atoms with Gasteiger partial charge < -0.3 is 14.6 Å². The van der Waals surface area contributed by atoms with E-state index in [1.165, 1.54) is 12.4 Å². The van der Waals surface area contributed by atoms with Gasteiger partial charge in [-0.3, -0.25) is 4.79 Å². The lowest BCUT2D eigenvalue weighted by Crippen LogP contribution is -2.39. The SMILES string of the molecule is Cc1oncc1C(=O)NC1CCC(Oc2ccc(C#N)cn2)CC1. The highest BCUT2D eigenvalue weighted by atomic mass is 16.5. The molecule has 0 bridgehead atoms. The lowest BCUT2D eigenvalue weighted by Gasteiger charge is -2.29. The van der Waals surface area contributed by atoms with Gasteiger partial charge in [0.2, 0.25) is 5.88 Å². The first-order valence-corrected chi connectivity index (χ1v) is 7.90. The van der Waals surface area contributed by atoms with Gasteiger partial charge in [0, 0.05) is 18.3 Å². The van der Waals surface area contributed by atoms with Crippen molar-refractivity contribution in [2.75, 3.05) is 0 Å². The number of nitrogens with zero attached hydrogens (tertiary/aromatic N) is 3. The minimum atomic E-state index is -0.146. The fraction of sp³-hybridized carbons (Fsp3) is 0.412. The number of rotatable bonds is 4. The van der Waals surface area contributed by atoms with E-state index >= 15 is 0 Å². The Balaban J connectivity index is 1.48. The van der Waals surface area contributed by atoms with Crippen LogP contribution in [0.15, 0.2) is 29.0 Å². The minimum Gasteiger partial charge on any atom is -0.474 e. The van der Waals surface area contributed by atoms with E-state index in [1.54, 1.807) is 19.1 Å². The maximum atomic E-state index is 12.1. The van der Waals surface area contributed by atoms with Gasteiger partial charge in [0.15, 0.2) is 0 Å². The molecule has 1 fully saturated rings. The van der Waals surface area contributed by atoms with E-state index in [-0.39, 0.29) is 18.1 Å². The zero-order valence-corrected chi connectivity index (χ0v) is 13.4. The van der Waals surface area contributed by atoms with Gasteiger partial charge >= 0.3 is 0 Å². The molecule has 1 aliphatic carbocycles. The monoisotopic (exact) mass is 326 g/mol. The summed E-state index contributed by atoms with van der Waals surface area (Å²) in [6, 6.07) is 5.55. The van der Waals surface area contributed by atoms with Crippen molar-refractivity contribution < 1.29 is 14.1 Å². The summed E-state index contributed by atoms with van der Waals surface area (Å²) in [5.74, 6) is 0.907. The van der Waals surface area contributed by atoms with Crippen LogP contribution in [0, 0.1) is 18.3 Å². The van der Waals surface area contributed by atoms with Crippen LogP contribution in [0.2, 0.25) is 0 Å². The smallest absolute Gasteiger partial charge is 0.256 e. The maximum absolute atomic E-state index is 12.1. The minimum absolute atomic E-state index is 0.0796. The second kappa shape index (κ2) is 7.13. The summed E-state index contributed by atoms with van der Waals surface area (Å²) in [6.45, 7) is 1.72. The molecule has 1 N–H and O–H groups in total. The van der Waals surface area contributed by atoms with E-state index in [0.717, 1.165) is 25.7 Å². The lowest BCUT2D eigenvalue weighted by molar-refractivity contribution is 0.0888. The molecular weight excluding hydrogens is 308 g/mol. The van der Waals surface area contributed by atoms with Crippen LogP contribution < -0.4 is 10.1 Å². The molecule has 2 aromatic heterocycles. The maximum Gasteiger partial charge on any atom is 0.256 e. The van der Waals surface area contributed by atoms with Gasteiger partial charge in [-0.05, 0) is 38.7 Å². The topological polar surface area (TPSA) is 101 Å². The summed E-state index contributed by atoms with van der Waals surface area (Å²) in [5, 5.41) is 15.4. The van der Waals surface area contributed by atoms with E-state index in [0.29, 0.717) is 22.8 Å². The Hall–Kier alpha value is -2.88. The van der Waals surface area contributed by atoms with Crippen molar-refractivity contribution in [1.82, 2.24) is 15.5 Å². The molecule has 1 saturated carbocycles. The van der Waals surface area contributed by atoms with Gasteiger partial charge in [-0.2, -0.15) is 5.26 Å². The molecule has 2 aromatic rings. The molecule has 3 rings (SSSR count). The molecule has 0 spiro atoms. The van der Waals surface area contributed by atoms with Crippen molar-refractivity contribution in [3.8, 4) is 11.9 Å². The quantitative estimate of drug-likeness (QED) is 0.925. The third kappa shape index (κ3) is 3.71. The Morgan fingerprint density at radius 1 is 1.33 bits per heavy atom. The Labute approximate surface area is 139 Å². The van der Waals surface area contributed by atoms with Gasteiger partial charge in [-0.15, -0.1) is 0 Å². The van der Waals surface area contributed by atoms with Crippen LogP contribution in [0.1, 0.15) is 47.4 Å². The first kappa shape index (κ1) is 16.0. The summed E-state index contributed by atoms with van der Waals surface area (Å²) < 4.78 is 10.8. The molecule has 2 heterocycles.